The third kappa shape index (κ3) is 3.15. The molecule has 0 N–H and O–H groups in total. The predicted octanol–water partition coefficient (Wildman–Crippen LogP) is 1.03. The number of nitrogens with zero attached hydrogens (tertiary/aromatic N) is 4. The second kappa shape index (κ2) is 6.49. The van der Waals surface area contributed by atoms with Crippen molar-refractivity contribution in [2.75, 3.05) is 20.2 Å². The Kier molecular flexibility index (Phi) is 4.70. The predicted molar refractivity (Wildman–Crippen MR) is 71.1 cm³/mol. The van der Waals surface area contributed by atoms with Gasteiger partial charge in [0, 0.05) is 13.1 Å². The molecular formula is C13H20N4O3. The smallest absolute Gasteiger partial charge is 0.360 e. The Morgan fingerprint density at radius 2 is 1.90 bits per heavy atom. The van der Waals surface area contributed by atoms with Crippen LogP contribution in [-0.2, 0) is 9.53 Å². The zero-order valence-electron chi connectivity index (χ0n) is 11.9. The monoisotopic (exact) mass is 280 g/mol. The maximum absolute atomic E-state index is 12.4. The van der Waals surface area contributed by atoms with Gasteiger partial charge < -0.3 is 9.64 Å². The summed E-state index contributed by atoms with van der Waals surface area (Å²) < 4.78 is 5.99. The lowest BCUT2D eigenvalue weighted by molar-refractivity contribution is -0.134. The molecule has 110 valence electrons. The normalized spacial score (nSPS) is 17.4. The zero-order valence-corrected chi connectivity index (χ0v) is 11.9. The van der Waals surface area contributed by atoms with Gasteiger partial charge >= 0.3 is 5.97 Å². The maximum Gasteiger partial charge on any atom is 0.360 e. The van der Waals surface area contributed by atoms with Crippen molar-refractivity contribution in [1.29, 1.82) is 0 Å². The Morgan fingerprint density at radius 3 is 2.50 bits per heavy atom. The van der Waals surface area contributed by atoms with Gasteiger partial charge in [-0.2, -0.15) is 0 Å². The lowest BCUT2D eigenvalue weighted by Gasteiger charge is -2.23. The molecule has 0 spiro atoms. The van der Waals surface area contributed by atoms with Crippen LogP contribution in [-0.4, -0.2) is 52.0 Å². The van der Waals surface area contributed by atoms with Crippen LogP contribution in [0.15, 0.2) is 6.20 Å². The summed E-state index contributed by atoms with van der Waals surface area (Å²) in [6.07, 6.45) is 5.89. The number of amides is 1. The largest absolute Gasteiger partial charge is 0.464 e. The average molecular weight is 280 g/mol. The van der Waals surface area contributed by atoms with Gasteiger partial charge in [0.05, 0.1) is 13.3 Å². The number of carbonyl (C=O) groups is 2. The van der Waals surface area contributed by atoms with Gasteiger partial charge in [-0.25, -0.2) is 9.48 Å². The quantitative estimate of drug-likeness (QED) is 0.773. The molecule has 1 aromatic heterocycles. The highest BCUT2D eigenvalue weighted by Crippen LogP contribution is 2.15. The molecule has 0 aliphatic carbocycles. The molecule has 1 fully saturated rings. The highest BCUT2D eigenvalue weighted by atomic mass is 16.5. The molecule has 7 heteroatoms. The van der Waals surface area contributed by atoms with E-state index in [1.54, 1.807) is 6.92 Å². The fourth-order valence-electron chi connectivity index (χ4n) is 2.33. The minimum Gasteiger partial charge on any atom is -0.464 e. The van der Waals surface area contributed by atoms with E-state index in [4.69, 9.17) is 0 Å². The second-order valence-electron chi connectivity index (χ2n) is 4.99. The van der Waals surface area contributed by atoms with Crippen LogP contribution in [0.2, 0.25) is 0 Å². The summed E-state index contributed by atoms with van der Waals surface area (Å²) in [6, 6.07) is -0.459. The molecular weight excluding hydrogens is 260 g/mol. The van der Waals surface area contributed by atoms with Crippen molar-refractivity contribution in [3.63, 3.8) is 0 Å². The molecule has 1 aliphatic rings. The first-order valence-corrected chi connectivity index (χ1v) is 6.92. The van der Waals surface area contributed by atoms with Gasteiger partial charge in [-0.1, -0.05) is 18.1 Å². The Labute approximate surface area is 117 Å². The molecule has 2 heterocycles. The number of methoxy groups -OCH3 is 1. The fraction of sp³-hybridized carbons (Fsp3) is 0.692. The number of rotatable bonds is 3. The van der Waals surface area contributed by atoms with Crippen molar-refractivity contribution >= 4 is 11.9 Å². The van der Waals surface area contributed by atoms with Gasteiger partial charge in [0.25, 0.3) is 0 Å². The summed E-state index contributed by atoms with van der Waals surface area (Å²) in [7, 11) is 1.28. The summed E-state index contributed by atoms with van der Waals surface area (Å²) in [6.45, 7) is 3.35. The van der Waals surface area contributed by atoms with Gasteiger partial charge in [0.1, 0.15) is 6.04 Å². The number of likely N-dealkylation sites (tertiary alicyclic amines) is 1. The van der Waals surface area contributed by atoms with E-state index in [1.165, 1.54) is 30.8 Å². The van der Waals surface area contributed by atoms with E-state index in [9.17, 15) is 9.59 Å². The SMILES string of the molecule is COC(=O)c1cn(C(C)C(=O)N2CCCCCC2)nn1. The van der Waals surface area contributed by atoms with Gasteiger partial charge in [-0.05, 0) is 19.8 Å². The number of aromatic nitrogens is 3. The highest BCUT2D eigenvalue weighted by molar-refractivity contribution is 5.86. The Bertz CT molecular complexity index is 478. The van der Waals surface area contributed by atoms with Crippen LogP contribution in [0.1, 0.15) is 49.1 Å². The molecule has 1 amide bonds. The van der Waals surface area contributed by atoms with E-state index >= 15 is 0 Å². The van der Waals surface area contributed by atoms with E-state index in [0.717, 1.165) is 25.9 Å². The number of carbonyl (C=O) groups excluding carboxylic acids is 2. The number of hydrogen-bond donors (Lipinski definition) is 0. The molecule has 0 bridgehead atoms. The minimum atomic E-state index is -0.550. The van der Waals surface area contributed by atoms with E-state index in [-0.39, 0.29) is 11.6 Å². The van der Waals surface area contributed by atoms with E-state index in [2.05, 4.69) is 15.0 Å². The molecule has 0 aromatic carbocycles. The van der Waals surface area contributed by atoms with Crippen molar-refractivity contribution in [2.24, 2.45) is 0 Å². The molecule has 7 nitrogen and oxygen atoms in total. The van der Waals surface area contributed by atoms with Crippen LogP contribution in [0, 0.1) is 0 Å². The van der Waals surface area contributed by atoms with Crippen molar-refractivity contribution < 1.29 is 14.3 Å². The first kappa shape index (κ1) is 14.5. The lowest BCUT2D eigenvalue weighted by atomic mass is 10.2. The molecule has 0 saturated carbocycles. The lowest BCUT2D eigenvalue weighted by Crippen LogP contribution is -2.37. The fourth-order valence-corrected chi connectivity index (χ4v) is 2.33. The van der Waals surface area contributed by atoms with Crippen molar-refractivity contribution in [1.82, 2.24) is 19.9 Å². The number of ether oxygens (including phenoxy) is 1. The molecule has 0 radical (unpaired) electrons. The summed E-state index contributed by atoms with van der Waals surface area (Å²) >= 11 is 0. The Balaban J connectivity index is 2.05. The Hall–Kier alpha value is -1.92. The topological polar surface area (TPSA) is 77.3 Å². The molecule has 1 unspecified atom stereocenters. The Morgan fingerprint density at radius 1 is 1.25 bits per heavy atom. The molecule has 1 saturated heterocycles. The summed E-state index contributed by atoms with van der Waals surface area (Å²) in [5.74, 6) is -0.529. The summed E-state index contributed by atoms with van der Waals surface area (Å²) in [5, 5.41) is 7.56. The van der Waals surface area contributed by atoms with Gasteiger partial charge in [-0.15, -0.1) is 5.10 Å². The molecule has 1 aromatic rings. The third-order valence-electron chi connectivity index (χ3n) is 3.58. The molecule has 1 atom stereocenters. The van der Waals surface area contributed by atoms with E-state index < -0.39 is 12.0 Å². The highest BCUT2D eigenvalue weighted by Gasteiger charge is 2.24. The first-order valence-electron chi connectivity index (χ1n) is 6.92. The average Bonchev–Trinajstić information content (AvgIpc) is 2.80. The van der Waals surface area contributed by atoms with E-state index in [0.29, 0.717) is 0 Å². The number of esters is 1. The van der Waals surface area contributed by atoms with Crippen LogP contribution < -0.4 is 0 Å². The van der Waals surface area contributed by atoms with Crippen LogP contribution in [0.25, 0.3) is 0 Å². The standard InChI is InChI=1S/C13H20N4O3/c1-10(12(18)16-7-5-3-4-6-8-16)17-9-11(14-15-17)13(19)20-2/h9-10H,3-8H2,1-2H3. The van der Waals surface area contributed by atoms with Gasteiger partial charge in [0.15, 0.2) is 5.69 Å². The third-order valence-corrected chi connectivity index (χ3v) is 3.58. The van der Waals surface area contributed by atoms with Crippen LogP contribution >= 0.6 is 0 Å². The minimum absolute atomic E-state index is 0.0215. The number of hydrogen-bond acceptors (Lipinski definition) is 5. The molecule has 2 rings (SSSR count). The zero-order chi connectivity index (χ0) is 14.5. The van der Waals surface area contributed by atoms with Crippen molar-refractivity contribution in [2.45, 2.75) is 38.6 Å². The van der Waals surface area contributed by atoms with Gasteiger partial charge in [0.2, 0.25) is 5.91 Å². The van der Waals surface area contributed by atoms with Crippen LogP contribution in [0.3, 0.4) is 0 Å². The van der Waals surface area contributed by atoms with Crippen LogP contribution in [0.5, 0.6) is 0 Å². The van der Waals surface area contributed by atoms with Gasteiger partial charge in [-0.3, -0.25) is 4.79 Å². The van der Waals surface area contributed by atoms with Crippen LogP contribution in [0.4, 0.5) is 0 Å². The van der Waals surface area contributed by atoms with Crippen molar-refractivity contribution in [3.8, 4) is 0 Å². The second-order valence-corrected chi connectivity index (χ2v) is 4.99. The molecule has 20 heavy (non-hydrogen) atoms. The van der Waals surface area contributed by atoms with E-state index in [1.807, 2.05) is 4.90 Å². The van der Waals surface area contributed by atoms with Crippen molar-refractivity contribution in [3.05, 3.63) is 11.9 Å². The first-order chi connectivity index (χ1) is 9.63. The summed E-state index contributed by atoms with van der Waals surface area (Å²) in [5.41, 5.74) is 0.114. The maximum atomic E-state index is 12.4. The summed E-state index contributed by atoms with van der Waals surface area (Å²) in [4.78, 5) is 25.6. The molecule has 1 aliphatic heterocycles.